The molecule has 6 nitrogen and oxygen atoms in total. The summed E-state index contributed by atoms with van der Waals surface area (Å²) in [5.74, 6) is 0.101. The van der Waals surface area contributed by atoms with Crippen molar-refractivity contribution in [1.82, 2.24) is 4.90 Å². The number of nitrogens with zero attached hydrogens (tertiary/aromatic N) is 1. The van der Waals surface area contributed by atoms with Gasteiger partial charge in [0.1, 0.15) is 5.75 Å². The smallest absolute Gasteiger partial charge is 0.238 e. The Kier molecular flexibility index (Phi) is 8.76. The summed E-state index contributed by atoms with van der Waals surface area (Å²) < 4.78 is 5.29. The highest BCUT2D eigenvalue weighted by molar-refractivity contribution is 6.36. The van der Waals surface area contributed by atoms with E-state index >= 15 is 0 Å². The highest BCUT2D eigenvalue weighted by atomic mass is 35.5. The number of benzene rings is 2. The lowest BCUT2D eigenvalue weighted by Crippen LogP contribution is -2.39. The van der Waals surface area contributed by atoms with Gasteiger partial charge in [-0.2, -0.15) is 0 Å². The van der Waals surface area contributed by atoms with Crippen LogP contribution in [0.4, 0.5) is 11.4 Å². The van der Waals surface area contributed by atoms with E-state index in [-0.39, 0.29) is 24.9 Å². The first kappa shape index (κ1) is 23.0. The normalized spacial score (nSPS) is 10.7. The maximum absolute atomic E-state index is 12.5. The van der Waals surface area contributed by atoms with Gasteiger partial charge in [-0.1, -0.05) is 36.2 Å². The van der Waals surface area contributed by atoms with Crippen LogP contribution in [0, 0.1) is 6.92 Å². The van der Waals surface area contributed by atoms with Crippen molar-refractivity contribution in [3.8, 4) is 5.75 Å². The van der Waals surface area contributed by atoms with E-state index < -0.39 is 0 Å². The molecule has 0 aliphatic rings. The molecule has 0 unspecified atom stereocenters. The summed E-state index contributed by atoms with van der Waals surface area (Å²) in [6, 6.07) is 10.4. The fourth-order valence-corrected chi connectivity index (χ4v) is 3.28. The van der Waals surface area contributed by atoms with Crippen molar-refractivity contribution >= 4 is 46.4 Å². The molecule has 0 saturated heterocycles. The summed E-state index contributed by atoms with van der Waals surface area (Å²) in [6.07, 6.45) is 0.802. The Morgan fingerprint density at radius 2 is 1.66 bits per heavy atom. The van der Waals surface area contributed by atoms with Crippen LogP contribution in [0.1, 0.15) is 18.9 Å². The van der Waals surface area contributed by atoms with Crippen LogP contribution in [0.15, 0.2) is 36.4 Å². The number of halogens is 2. The van der Waals surface area contributed by atoms with Crippen LogP contribution in [0.3, 0.4) is 0 Å². The molecular weight excluding hydrogens is 413 g/mol. The molecule has 2 aromatic rings. The third-order valence-corrected chi connectivity index (χ3v) is 4.66. The Balaban J connectivity index is 1.99. The monoisotopic (exact) mass is 437 g/mol. The summed E-state index contributed by atoms with van der Waals surface area (Å²) in [4.78, 5) is 26.7. The second-order valence-electron chi connectivity index (χ2n) is 6.63. The topological polar surface area (TPSA) is 70.7 Å². The number of methoxy groups -OCH3 is 1. The summed E-state index contributed by atoms with van der Waals surface area (Å²) in [5.41, 5.74) is 2.09. The van der Waals surface area contributed by atoms with Crippen LogP contribution in [0.25, 0.3) is 0 Å². The largest absolute Gasteiger partial charge is 0.495 e. The van der Waals surface area contributed by atoms with Crippen LogP contribution < -0.4 is 15.4 Å². The van der Waals surface area contributed by atoms with E-state index in [1.165, 1.54) is 0 Å². The molecule has 0 aromatic heterocycles. The first-order valence-corrected chi connectivity index (χ1v) is 9.99. The lowest BCUT2D eigenvalue weighted by atomic mass is 10.2. The van der Waals surface area contributed by atoms with Gasteiger partial charge in [-0.25, -0.2) is 0 Å². The van der Waals surface area contributed by atoms with E-state index in [0.717, 1.165) is 12.0 Å². The van der Waals surface area contributed by atoms with Crippen molar-refractivity contribution in [3.63, 3.8) is 0 Å². The number of carbonyl (C=O) groups excluding carboxylic acids is 2. The molecule has 8 heteroatoms. The minimum atomic E-state index is -0.261. The quantitative estimate of drug-likeness (QED) is 0.601. The van der Waals surface area contributed by atoms with Gasteiger partial charge in [0.2, 0.25) is 11.8 Å². The summed E-state index contributed by atoms with van der Waals surface area (Å²) in [6.45, 7) is 4.66. The molecule has 0 bridgehead atoms. The Bertz CT molecular complexity index is 874. The molecule has 2 N–H and O–H groups in total. The van der Waals surface area contributed by atoms with Crippen molar-refractivity contribution in [2.75, 3.05) is 37.4 Å². The van der Waals surface area contributed by atoms with Crippen molar-refractivity contribution < 1.29 is 14.3 Å². The zero-order valence-corrected chi connectivity index (χ0v) is 18.2. The number of nitrogens with one attached hydrogen (secondary N) is 2. The van der Waals surface area contributed by atoms with Gasteiger partial charge in [-0.15, -0.1) is 0 Å². The molecule has 2 aromatic carbocycles. The SMILES string of the molecule is CCCN(CC(=O)Nc1ccc(Cl)cc1Cl)CC(=O)Nc1cc(C)ccc1OC. The van der Waals surface area contributed by atoms with Crippen LogP contribution in [-0.2, 0) is 9.59 Å². The number of rotatable bonds is 9. The molecule has 0 spiro atoms. The third-order valence-electron chi connectivity index (χ3n) is 4.11. The van der Waals surface area contributed by atoms with Gasteiger partial charge in [0, 0.05) is 5.02 Å². The van der Waals surface area contributed by atoms with E-state index in [4.69, 9.17) is 27.9 Å². The fraction of sp³-hybridized carbons (Fsp3) is 0.333. The lowest BCUT2D eigenvalue weighted by Gasteiger charge is -2.21. The molecule has 0 saturated carbocycles. The molecule has 0 heterocycles. The molecule has 0 radical (unpaired) electrons. The molecule has 0 aliphatic carbocycles. The molecule has 0 aliphatic heterocycles. The van der Waals surface area contributed by atoms with Crippen molar-refractivity contribution in [2.45, 2.75) is 20.3 Å². The van der Waals surface area contributed by atoms with Crippen LogP contribution in [0.5, 0.6) is 5.75 Å². The van der Waals surface area contributed by atoms with Gasteiger partial charge in [0.05, 0.1) is 36.6 Å². The lowest BCUT2D eigenvalue weighted by molar-refractivity contribution is -0.120. The number of ether oxygens (including phenoxy) is 1. The minimum absolute atomic E-state index is 0.0607. The number of hydrogen-bond acceptors (Lipinski definition) is 4. The van der Waals surface area contributed by atoms with Crippen LogP contribution in [0.2, 0.25) is 10.0 Å². The predicted octanol–water partition coefficient (Wildman–Crippen LogP) is 4.60. The van der Waals surface area contributed by atoms with E-state index in [9.17, 15) is 9.59 Å². The zero-order valence-electron chi connectivity index (χ0n) is 16.7. The molecular formula is C21H25Cl2N3O3. The van der Waals surface area contributed by atoms with Gasteiger partial charge in [0.25, 0.3) is 0 Å². The number of hydrogen-bond donors (Lipinski definition) is 2. The van der Waals surface area contributed by atoms with Gasteiger partial charge >= 0.3 is 0 Å². The second-order valence-corrected chi connectivity index (χ2v) is 7.48. The molecule has 156 valence electrons. The number of amides is 2. The van der Waals surface area contributed by atoms with E-state index in [1.54, 1.807) is 36.3 Å². The van der Waals surface area contributed by atoms with Crippen LogP contribution >= 0.6 is 23.2 Å². The first-order valence-electron chi connectivity index (χ1n) is 9.24. The Labute approximate surface area is 181 Å². The highest BCUT2D eigenvalue weighted by Gasteiger charge is 2.16. The van der Waals surface area contributed by atoms with E-state index in [1.807, 2.05) is 26.0 Å². The third kappa shape index (κ3) is 7.24. The molecule has 0 atom stereocenters. The Hall–Kier alpha value is -2.28. The standard InChI is InChI=1S/C21H25Cl2N3O3/c1-4-9-26(12-20(27)24-17-7-6-15(22)11-16(17)23)13-21(28)25-18-10-14(2)5-8-19(18)29-3/h5-8,10-11H,4,9,12-13H2,1-3H3,(H,24,27)(H,25,28). The summed E-state index contributed by atoms with van der Waals surface area (Å²) in [5, 5.41) is 6.46. The van der Waals surface area contributed by atoms with Gasteiger partial charge in [0.15, 0.2) is 0 Å². The minimum Gasteiger partial charge on any atom is -0.495 e. The molecule has 29 heavy (non-hydrogen) atoms. The van der Waals surface area contributed by atoms with Crippen molar-refractivity contribution in [3.05, 3.63) is 52.0 Å². The average molecular weight is 438 g/mol. The van der Waals surface area contributed by atoms with Crippen LogP contribution in [-0.4, -0.2) is 43.5 Å². The van der Waals surface area contributed by atoms with Crippen molar-refractivity contribution in [2.24, 2.45) is 0 Å². The molecule has 0 fully saturated rings. The van der Waals surface area contributed by atoms with Gasteiger partial charge in [-0.3, -0.25) is 14.5 Å². The molecule has 2 amide bonds. The molecule has 2 rings (SSSR count). The van der Waals surface area contributed by atoms with Gasteiger partial charge in [-0.05, 0) is 55.8 Å². The Morgan fingerprint density at radius 3 is 2.24 bits per heavy atom. The Morgan fingerprint density at radius 1 is 1.00 bits per heavy atom. The summed E-state index contributed by atoms with van der Waals surface area (Å²) in [7, 11) is 1.55. The predicted molar refractivity (Wildman–Crippen MR) is 118 cm³/mol. The zero-order chi connectivity index (χ0) is 21.4. The van der Waals surface area contributed by atoms with E-state index in [0.29, 0.717) is 33.7 Å². The number of anilines is 2. The summed E-state index contributed by atoms with van der Waals surface area (Å²) >= 11 is 12.0. The maximum atomic E-state index is 12.5. The average Bonchev–Trinajstić information content (AvgIpc) is 2.64. The highest BCUT2D eigenvalue weighted by Crippen LogP contribution is 2.26. The fourth-order valence-electron chi connectivity index (χ4n) is 2.83. The number of aryl methyl sites for hydroxylation is 1. The van der Waals surface area contributed by atoms with E-state index in [2.05, 4.69) is 10.6 Å². The number of carbonyl (C=O) groups is 2. The second kappa shape index (κ2) is 11.0. The first-order chi connectivity index (χ1) is 13.8. The van der Waals surface area contributed by atoms with Crippen molar-refractivity contribution in [1.29, 1.82) is 0 Å². The maximum Gasteiger partial charge on any atom is 0.238 e. The van der Waals surface area contributed by atoms with Gasteiger partial charge < -0.3 is 15.4 Å².